The van der Waals surface area contributed by atoms with Gasteiger partial charge in [-0.05, 0) is 23.8 Å². The summed E-state index contributed by atoms with van der Waals surface area (Å²) < 4.78 is 0. The van der Waals surface area contributed by atoms with Crippen LogP contribution in [0.2, 0.25) is 0 Å². The maximum atomic E-state index is 6.14. The molecule has 1 atom stereocenters. The predicted molar refractivity (Wildman–Crippen MR) is 66.4 cm³/mol. The number of nitrogens with two attached hydrogens (primary N) is 1. The van der Waals surface area contributed by atoms with Crippen molar-refractivity contribution in [1.82, 2.24) is 15.0 Å². The molecule has 3 N–H and O–H groups in total. The van der Waals surface area contributed by atoms with Crippen molar-refractivity contribution >= 4 is 10.9 Å². The van der Waals surface area contributed by atoms with Crippen LogP contribution >= 0.6 is 0 Å². The summed E-state index contributed by atoms with van der Waals surface area (Å²) in [6, 6.07) is 9.74. The molecule has 0 amide bonds. The van der Waals surface area contributed by atoms with Crippen molar-refractivity contribution in [3.05, 3.63) is 60.3 Å². The molecule has 1 unspecified atom stereocenters. The number of benzene rings is 1. The smallest absolute Gasteiger partial charge is 0.127 e. The third kappa shape index (κ3) is 1.79. The summed E-state index contributed by atoms with van der Waals surface area (Å²) >= 11 is 0. The number of hydrogen-bond acceptors (Lipinski definition) is 3. The Morgan fingerprint density at radius 1 is 1.12 bits per heavy atom. The molecule has 2 aromatic heterocycles. The van der Waals surface area contributed by atoms with Gasteiger partial charge >= 0.3 is 0 Å². The molecular formula is C13H12N4. The fraction of sp³-hybridized carbons (Fsp3) is 0.0769. The summed E-state index contributed by atoms with van der Waals surface area (Å²) in [5.74, 6) is 0.772. The van der Waals surface area contributed by atoms with Crippen molar-refractivity contribution in [2.24, 2.45) is 5.73 Å². The molecule has 0 aliphatic heterocycles. The van der Waals surface area contributed by atoms with Crippen LogP contribution in [-0.4, -0.2) is 15.0 Å². The second kappa shape index (κ2) is 3.99. The molecule has 4 nitrogen and oxygen atoms in total. The van der Waals surface area contributed by atoms with Gasteiger partial charge in [-0.3, -0.25) is 4.98 Å². The van der Waals surface area contributed by atoms with Crippen LogP contribution in [0.25, 0.3) is 10.9 Å². The monoisotopic (exact) mass is 224 g/mol. The third-order valence-electron chi connectivity index (χ3n) is 2.80. The van der Waals surface area contributed by atoms with Gasteiger partial charge in [0.1, 0.15) is 5.82 Å². The minimum absolute atomic E-state index is 0.227. The van der Waals surface area contributed by atoms with Crippen LogP contribution in [0.4, 0.5) is 0 Å². The van der Waals surface area contributed by atoms with Gasteiger partial charge in [0.05, 0.1) is 11.6 Å². The second-order valence-electron chi connectivity index (χ2n) is 3.91. The van der Waals surface area contributed by atoms with Crippen molar-refractivity contribution in [3.63, 3.8) is 0 Å². The Labute approximate surface area is 98.5 Å². The number of H-pyrrole nitrogens is 1. The predicted octanol–water partition coefficient (Wildman–Crippen LogP) is 2.01. The van der Waals surface area contributed by atoms with Crippen LogP contribution in [0.5, 0.6) is 0 Å². The van der Waals surface area contributed by atoms with E-state index in [0.29, 0.717) is 0 Å². The molecule has 0 bridgehead atoms. The van der Waals surface area contributed by atoms with Gasteiger partial charge in [0.15, 0.2) is 0 Å². The number of pyridine rings is 1. The molecule has 84 valence electrons. The highest BCUT2D eigenvalue weighted by Gasteiger charge is 2.11. The summed E-state index contributed by atoms with van der Waals surface area (Å²) in [7, 11) is 0. The molecule has 0 saturated heterocycles. The van der Waals surface area contributed by atoms with E-state index in [-0.39, 0.29) is 6.04 Å². The molecule has 17 heavy (non-hydrogen) atoms. The summed E-state index contributed by atoms with van der Waals surface area (Å²) in [6.45, 7) is 0. The molecule has 4 heteroatoms. The van der Waals surface area contributed by atoms with Gasteiger partial charge in [-0.2, -0.15) is 0 Å². The quantitative estimate of drug-likeness (QED) is 0.699. The highest BCUT2D eigenvalue weighted by Crippen LogP contribution is 2.20. The Balaban J connectivity index is 2.06. The van der Waals surface area contributed by atoms with Crippen molar-refractivity contribution in [2.45, 2.75) is 6.04 Å². The Hall–Kier alpha value is -2.20. The van der Waals surface area contributed by atoms with Gasteiger partial charge in [0.2, 0.25) is 0 Å². The number of nitrogens with one attached hydrogen (secondary N) is 1. The zero-order valence-electron chi connectivity index (χ0n) is 9.17. The Bertz CT molecular complexity index is 631. The summed E-state index contributed by atoms with van der Waals surface area (Å²) in [6.07, 6.45) is 5.27. The van der Waals surface area contributed by atoms with Gasteiger partial charge < -0.3 is 10.7 Å². The Morgan fingerprint density at radius 3 is 2.88 bits per heavy atom. The molecule has 0 aliphatic rings. The van der Waals surface area contributed by atoms with E-state index in [1.54, 1.807) is 18.6 Å². The molecule has 0 fully saturated rings. The van der Waals surface area contributed by atoms with Gasteiger partial charge in [-0.1, -0.05) is 12.1 Å². The number of nitrogens with zero attached hydrogens (tertiary/aromatic N) is 2. The fourth-order valence-electron chi connectivity index (χ4n) is 1.89. The first kappa shape index (κ1) is 9.99. The van der Waals surface area contributed by atoms with Gasteiger partial charge in [-0.25, -0.2) is 4.98 Å². The van der Waals surface area contributed by atoms with Crippen LogP contribution in [0.1, 0.15) is 17.4 Å². The van der Waals surface area contributed by atoms with Crippen LogP contribution in [-0.2, 0) is 0 Å². The lowest BCUT2D eigenvalue weighted by Gasteiger charge is -2.09. The first-order valence-electron chi connectivity index (χ1n) is 5.44. The van der Waals surface area contributed by atoms with Gasteiger partial charge in [0.25, 0.3) is 0 Å². The largest absolute Gasteiger partial charge is 0.347 e. The van der Waals surface area contributed by atoms with E-state index in [4.69, 9.17) is 5.73 Å². The Morgan fingerprint density at radius 2 is 2.06 bits per heavy atom. The average Bonchev–Trinajstić information content (AvgIpc) is 2.91. The van der Waals surface area contributed by atoms with E-state index in [1.807, 2.05) is 24.3 Å². The minimum Gasteiger partial charge on any atom is -0.347 e. The standard InChI is InChI=1S/C13H12N4/c14-12(13-16-6-7-17-13)10-3-4-11-9(8-10)2-1-5-15-11/h1-8,12H,14H2,(H,16,17). The van der Waals surface area contributed by atoms with E-state index >= 15 is 0 Å². The third-order valence-corrected chi connectivity index (χ3v) is 2.80. The lowest BCUT2D eigenvalue weighted by Crippen LogP contribution is -2.13. The number of aromatic amines is 1. The first-order chi connectivity index (χ1) is 8.34. The van der Waals surface area contributed by atoms with E-state index in [2.05, 4.69) is 21.0 Å². The van der Waals surface area contributed by atoms with E-state index in [0.717, 1.165) is 22.3 Å². The SMILES string of the molecule is NC(c1ccc2ncccc2c1)c1ncc[nH]1. The normalized spacial score (nSPS) is 12.8. The second-order valence-corrected chi connectivity index (χ2v) is 3.91. The zero-order valence-corrected chi connectivity index (χ0v) is 9.17. The number of hydrogen-bond donors (Lipinski definition) is 2. The van der Waals surface area contributed by atoms with Crippen LogP contribution in [0, 0.1) is 0 Å². The lowest BCUT2D eigenvalue weighted by atomic mass is 10.0. The maximum Gasteiger partial charge on any atom is 0.127 e. The Kier molecular flexibility index (Phi) is 2.34. The molecule has 0 radical (unpaired) electrons. The highest BCUT2D eigenvalue weighted by atomic mass is 14.9. The van der Waals surface area contributed by atoms with Crippen molar-refractivity contribution in [2.75, 3.05) is 0 Å². The molecule has 0 aliphatic carbocycles. The summed E-state index contributed by atoms with van der Waals surface area (Å²) in [5, 5.41) is 1.09. The molecular weight excluding hydrogens is 212 g/mol. The van der Waals surface area contributed by atoms with Crippen LogP contribution < -0.4 is 5.73 Å². The average molecular weight is 224 g/mol. The van der Waals surface area contributed by atoms with Crippen molar-refractivity contribution in [3.8, 4) is 0 Å². The first-order valence-corrected chi connectivity index (χ1v) is 5.44. The number of fused-ring (bicyclic) bond motifs is 1. The van der Waals surface area contributed by atoms with Crippen molar-refractivity contribution < 1.29 is 0 Å². The van der Waals surface area contributed by atoms with E-state index in [9.17, 15) is 0 Å². The zero-order chi connectivity index (χ0) is 11.7. The van der Waals surface area contributed by atoms with E-state index in [1.165, 1.54) is 0 Å². The minimum atomic E-state index is -0.227. The molecule has 1 aromatic carbocycles. The fourth-order valence-corrected chi connectivity index (χ4v) is 1.89. The maximum absolute atomic E-state index is 6.14. The highest BCUT2D eigenvalue weighted by molar-refractivity contribution is 5.79. The molecule has 3 aromatic rings. The molecule has 3 rings (SSSR count). The van der Waals surface area contributed by atoms with Crippen LogP contribution in [0.3, 0.4) is 0 Å². The molecule has 0 spiro atoms. The molecule has 0 saturated carbocycles. The summed E-state index contributed by atoms with van der Waals surface area (Å²) in [5.41, 5.74) is 8.14. The van der Waals surface area contributed by atoms with Crippen LogP contribution in [0.15, 0.2) is 48.9 Å². The summed E-state index contributed by atoms with van der Waals surface area (Å²) in [4.78, 5) is 11.5. The van der Waals surface area contributed by atoms with Crippen molar-refractivity contribution in [1.29, 1.82) is 0 Å². The number of aromatic nitrogens is 3. The molecule has 2 heterocycles. The topological polar surface area (TPSA) is 67.6 Å². The van der Waals surface area contributed by atoms with Gasteiger partial charge in [-0.15, -0.1) is 0 Å². The van der Waals surface area contributed by atoms with E-state index < -0.39 is 0 Å². The van der Waals surface area contributed by atoms with Gasteiger partial charge in [0, 0.05) is 24.0 Å². The number of imidazole rings is 1. The lowest BCUT2D eigenvalue weighted by molar-refractivity contribution is 0.802. The number of rotatable bonds is 2.